The standard InChI is InChI=1S/C14H15NOS/c15-9-10-2-1-3-11(6-10)14(16)7-12-4-5-13(8-14)17-12/h1-3,6,12-13,16H,4-5,7-8H2. The molecule has 2 unspecified atom stereocenters. The lowest BCUT2D eigenvalue weighted by Crippen LogP contribution is -2.34. The Balaban J connectivity index is 1.94. The van der Waals surface area contributed by atoms with Gasteiger partial charge >= 0.3 is 0 Å². The molecule has 2 heterocycles. The van der Waals surface area contributed by atoms with Crippen LogP contribution in [0.5, 0.6) is 0 Å². The van der Waals surface area contributed by atoms with Crippen molar-refractivity contribution in [1.29, 1.82) is 5.26 Å². The molecule has 1 aromatic carbocycles. The van der Waals surface area contributed by atoms with Gasteiger partial charge in [0.2, 0.25) is 0 Å². The van der Waals surface area contributed by atoms with E-state index in [9.17, 15) is 5.11 Å². The fourth-order valence-electron chi connectivity index (χ4n) is 3.03. The van der Waals surface area contributed by atoms with E-state index in [1.165, 1.54) is 12.8 Å². The van der Waals surface area contributed by atoms with Gasteiger partial charge in [0.25, 0.3) is 0 Å². The van der Waals surface area contributed by atoms with Gasteiger partial charge in [0.1, 0.15) is 0 Å². The first kappa shape index (κ1) is 11.1. The van der Waals surface area contributed by atoms with Crippen LogP contribution in [0.15, 0.2) is 24.3 Å². The molecule has 3 heteroatoms. The molecule has 2 atom stereocenters. The van der Waals surface area contributed by atoms with Gasteiger partial charge in [-0.25, -0.2) is 0 Å². The predicted octanol–water partition coefficient (Wildman–Crippen LogP) is 2.80. The Kier molecular flexibility index (Phi) is 2.65. The summed E-state index contributed by atoms with van der Waals surface area (Å²) >= 11 is 2.03. The van der Waals surface area contributed by atoms with E-state index >= 15 is 0 Å². The second-order valence-electron chi connectivity index (χ2n) is 5.09. The summed E-state index contributed by atoms with van der Waals surface area (Å²) in [7, 11) is 0. The Morgan fingerprint density at radius 1 is 1.29 bits per heavy atom. The molecule has 2 fully saturated rings. The molecule has 1 N–H and O–H groups in total. The van der Waals surface area contributed by atoms with Crippen LogP contribution in [0.1, 0.15) is 36.8 Å². The average molecular weight is 245 g/mol. The van der Waals surface area contributed by atoms with Crippen molar-refractivity contribution in [1.82, 2.24) is 0 Å². The van der Waals surface area contributed by atoms with Crippen molar-refractivity contribution in [2.75, 3.05) is 0 Å². The third-order valence-electron chi connectivity index (χ3n) is 3.86. The zero-order chi connectivity index (χ0) is 11.9. The quantitative estimate of drug-likeness (QED) is 0.827. The predicted molar refractivity (Wildman–Crippen MR) is 68.7 cm³/mol. The Hall–Kier alpha value is -0.980. The van der Waals surface area contributed by atoms with E-state index in [1.807, 2.05) is 30.0 Å². The summed E-state index contributed by atoms with van der Waals surface area (Å²) in [5.74, 6) is 0. The van der Waals surface area contributed by atoms with Crippen molar-refractivity contribution < 1.29 is 5.11 Å². The highest BCUT2D eigenvalue weighted by Gasteiger charge is 2.44. The second-order valence-corrected chi connectivity index (χ2v) is 6.70. The first-order valence-corrected chi connectivity index (χ1v) is 7.02. The molecule has 2 saturated heterocycles. The Morgan fingerprint density at radius 3 is 2.65 bits per heavy atom. The molecule has 0 aromatic heterocycles. The first-order valence-electron chi connectivity index (χ1n) is 6.08. The summed E-state index contributed by atoms with van der Waals surface area (Å²) in [5.41, 5.74) is 0.861. The van der Waals surface area contributed by atoms with Gasteiger partial charge in [-0.2, -0.15) is 17.0 Å². The highest BCUT2D eigenvalue weighted by molar-refractivity contribution is 8.00. The van der Waals surface area contributed by atoms with Crippen LogP contribution in [-0.2, 0) is 5.60 Å². The van der Waals surface area contributed by atoms with Crippen molar-refractivity contribution in [3.63, 3.8) is 0 Å². The van der Waals surface area contributed by atoms with Gasteiger partial charge in [-0.15, -0.1) is 0 Å². The summed E-state index contributed by atoms with van der Waals surface area (Å²) in [6, 6.07) is 9.60. The SMILES string of the molecule is N#Cc1cccc(C2(O)CC3CCC(C2)S3)c1. The largest absolute Gasteiger partial charge is 0.385 e. The number of benzene rings is 1. The van der Waals surface area contributed by atoms with Gasteiger partial charge in [0, 0.05) is 10.5 Å². The van der Waals surface area contributed by atoms with Crippen molar-refractivity contribution in [3.8, 4) is 6.07 Å². The van der Waals surface area contributed by atoms with Gasteiger partial charge in [0.05, 0.1) is 17.2 Å². The molecule has 0 spiro atoms. The van der Waals surface area contributed by atoms with E-state index in [0.29, 0.717) is 16.1 Å². The number of rotatable bonds is 1. The molecule has 88 valence electrons. The maximum absolute atomic E-state index is 10.8. The molecule has 0 amide bonds. The lowest BCUT2D eigenvalue weighted by atomic mass is 9.85. The van der Waals surface area contributed by atoms with E-state index < -0.39 is 5.60 Å². The summed E-state index contributed by atoms with van der Waals surface area (Å²) < 4.78 is 0. The molecule has 3 rings (SSSR count). The van der Waals surface area contributed by atoms with Crippen LogP contribution in [0.3, 0.4) is 0 Å². The van der Waals surface area contributed by atoms with Crippen molar-refractivity contribution in [2.24, 2.45) is 0 Å². The highest BCUT2D eigenvalue weighted by atomic mass is 32.2. The normalized spacial score (nSPS) is 35.5. The molecule has 0 radical (unpaired) electrons. The number of aliphatic hydroxyl groups is 1. The lowest BCUT2D eigenvalue weighted by Gasteiger charge is -2.36. The summed E-state index contributed by atoms with van der Waals surface area (Å²) in [6.07, 6.45) is 4.14. The summed E-state index contributed by atoms with van der Waals surface area (Å²) in [6.45, 7) is 0. The number of nitrogens with zero attached hydrogens (tertiary/aromatic N) is 1. The maximum atomic E-state index is 10.8. The molecule has 1 aromatic rings. The number of hydrogen-bond acceptors (Lipinski definition) is 3. The molecule has 17 heavy (non-hydrogen) atoms. The van der Waals surface area contributed by atoms with Crippen molar-refractivity contribution in [2.45, 2.75) is 41.8 Å². The minimum Gasteiger partial charge on any atom is -0.385 e. The molecule has 0 saturated carbocycles. The van der Waals surface area contributed by atoms with E-state index in [4.69, 9.17) is 5.26 Å². The van der Waals surface area contributed by atoms with Crippen LogP contribution in [0.2, 0.25) is 0 Å². The number of hydrogen-bond donors (Lipinski definition) is 1. The highest BCUT2D eigenvalue weighted by Crippen LogP contribution is 2.51. The third-order valence-corrected chi connectivity index (χ3v) is 5.43. The fourth-order valence-corrected chi connectivity index (χ4v) is 4.86. The zero-order valence-electron chi connectivity index (χ0n) is 9.60. The van der Waals surface area contributed by atoms with E-state index in [0.717, 1.165) is 18.4 Å². The minimum absolute atomic E-state index is 0.601. The van der Waals surface area contributed by atoms with Crippen LogP contribution < -0.4 is 0 Å². The molecule has 2 bridgehead atoms. The fraction of sp³-hybridized carbons (Fsp3) is 0.500. The van der Waals surface area contributed by atoms with Crippen LogP contribution in [-0.4, -0.2) is 15.6 Å². The van der Waals surface area contributed by atoms with Gasteiger partial charge in [-0.3, -0.25) is 0 Å². The third kappa shape index (κ3) is 1.96. The van der Waals surface area contributed by atoms with E-state index in [1.54, 1.807) is 6.07 Å². The smallest absolute Gasteiger partial charge is 0.0991 e. The van der Waals surface area contributed by atoms with E-state index in [2.05, 4.69) is 6.07 Å². The van der Waals surface area contributed by atoms with Crippen molar-refractivity contribution >= 4 is 11.8 Å². The van der Waals surface area contributed by atoms with Gasteiger partial charge < -0.3 is 5.11 Å². The van der Waals surface area contributed by atoms with Crippen LogP contribution in [0.4, 0.5) is 0 Å². The Labute approximate surface area is 106 Å². The Morgan fingerprint density at radius 2 is 2.00 bits per heavy atom. The summed E-state index contributed by atoms with van der Waals surface area (Å²) in [4.78, 5) is 0. The molecule has 2 aliphatic heterocycles. The monoisotopic (exact) mass is 245 g/mol. The number of thioether (sulfide) groups is 1. The van der Waals surface area contributed by atoms with Gasteiger partial charge in [-0.1, -0.05) is 12.1 Å². The second kappa shape index (κ2) is 4.04. The topological polar surface area (TPSA) is 44.0 Å². The van der Waals surface area contributed by atoms with Crippen LogP contribution >= 0.6 is 11.8 Å². The van der Waals surface area contributed by atoms with E-state index in [-0.39, 0.29) is 0 Å². The number of fused-ring (bicyclic) bond motifs is 2. The van der Waals surface area contributed by atoms with Crippen LogP contribution in [0.25, 0.3) is 0 Å². The molecule has 2 nitrogen and oxygen atoms in total. The zero-order valence-corrected chi connectivity index (χ0v) is 10.4. The Bertz CT molecular complexity index is 467. The molecule has 2 aliphatic rings. The van der Waals surface area contributed by atoms with Crippen LogP contribution in [0, 0.1) is 11.3 Å². The lowest BCUT2D eigenvalue weighted by molar-refractivity contribution is 0.0196. The summed E-state index contributed by atoms with van der Waals surface area (Å²) in [5, 5.41) is 20.9. The minimum atomic E-state index is -0.704. The molecular weight excluding hydrogens is 230 g/mol. The van der Waals surface area contributed by atoms with Gasteiger partial charge in [0.15, 0.2) is 0 Å². The molecular formula is C14H15NOS. The maximum Gasteiger partial charge on any atom is 0.0991 e. The van der Waals surface area contributed by atoms with Crippen molar-refractivity contribution in [3.05, 3.63) is 35.4 Å². The van der Waals surface area contributed by atoms with Gasteiger partial charge in [-0.05, 0) is 43.4 Å². The number of nitriles is 1. The average Bonchev–Trinajstić information content (AvgIpc) is 2.69. The first-order chi connectivity index (χ1) is 8.19. The molecule has 0 aliphatic carbocycles.